The topological polar surface area (TPSA) is 68.3 Å². The van der Waals surface area contributed by atoms with Crippen LogP contribution in [0.1, 0.15) is 15.9 Å². The van der Waals surface area contributed by atoms with Gasteiger partial charge >= 0.3 is 0 Å². The molecule has 3 rings (SSSR count). The van der Waals surface area contributed by atoms with Gasteiger partial charge in [0.1, 0.15) is 0 Å². The molecule has 1 aromatic heterocycles. The third-order valence-electron chi connectivity index (χ3n) is 4.02. The Morgan fingerprint density at radius 2 is 1.83 bits per heavy atom. The zero-order valence-electron chi connectivity index (χ0n) is 13.9. The molecule has 0 fully saturated rings. The SMILES string of the molecule is Cc1cc2ccc(N)cc2n(C(=O)c2cccc(N(C)C)c2)c1=O. The van der Waals surface area contributed by atoms with Gasteiger partial charge in [0.2, 0.25) is 0 Å². The molecule has 1 heterocycles. The highest BCUT2D eigenvalue weighted by Gasteiger charge is 2.16. The minimum absolute atomic E-state index is 0.326. The lowest BCUT2D eigenvalue weighted by Crippen LogP contribution is -2.29. The first-order chi connectivity index (χ1) is 11.4. The average Bonchev–Trinajstić information content (AvgIpc) is 2.56. The van der Waals surface area contributed by atoms with Gasteiger partial charge in [0.15, 0.2) is 0 Å². The summed E-state index contributed by atoms with van der Waals surface area (Å²) in [5.74, 6) is -0.358. The van der Waals surface area contributed by atoms with Crippen LogP contribution in [-0.2, 0) is 0 Å². The fourth-order valence-corrected chi connectivity index (χ4v) is 2.70. The van der Waals surface area contributed by atoms with Crippen molar-refractivity contribution in [3.8, 4) is 0 Å². The largest absolute Gasteiger partial charge is 0.399 e. The fourth-order valence-electron chi connectivity index (χ4n) is 2.70. The average molecular weight is 321 g/mol. The third-order valence-corrected chi connectivity index (χ3v) is 4.02. The van der Waals surface area contributed by atoms with E-state index in [0.29, 0.717) is 22.3 Å². The van der Waals surface area contributed by atoms with Gasteiger partial charge in [-0.3, -0.25) is 9.59 Å². The van der Waals surface area contributed by atoms with Crippen molar-refractivity contribution in [1.82, 2.24) is 4.57 Å². The second-order valence-corrected chi connectivity index (χ2v) is 6.04. The van der Waals surface area contributed by atoms with Crippen molar-refractivity contribution in [1.29, 1.82) is 0 Å². The molecule has 122 valence electrons. The molecule has 0 aliphatic heterocycles. The predicted octanol–water partition coefficient (Wildman–Crippen LogP) is 2.65. The van der Waals surface area contributed by atoms with E-state index in [1.54, 1.807) is 43.3 Å². The molecular formula is C19H19N3O2. The van der Waals surface area contributed by atoms with Gasteiger partial charge in [-0.25, -0.2) is 4.57 Å². The van der Waals surface area contributed by atoms with Crippen LogP contribution in [-0.4, -0.2) is 24.6 Å². The quantitative estimate of drug-likeness (QED) is 0.737. The third kappa shape index (κ3) is 2.65. The first kappa shape index (κ1) is 15.8. The summed E-state index contributed by atoms with van der Waals surface area (Å²) >= 11 is 0. The minimum Gasteiger partial charge on any atom is -0.399 e. The molecule has 0 unspecified atom stereocenters. The Morgan fingerprint density at radius 3 is 2.54 bits per heavy atom. The van der Waals surface area contributed by atoms with Crippen LogP contribution in [0.3, 0.4) is 0 Å². The second kappa shape index (κ2) is 5.85. The molecule has 0 aliphatic carbocycles. The van der Waals surface area contributed by atoms with E-state index in [4.69, 9.17) is 5.73 Å². The van der Waals surface area contributed by atoms with Crippen LogP contribution in [0.15, 0.2) is 53.3 Å². The maximum Gasteiger partial charge on any atom is 0.265 e. The number of carbonyl (C=O) groups excluding carboxylic acids is 1. The smallest absolute Gasteiger partial charge is 0.265 e. The Morgan fingerprint density at radius 1 is 1.08 bits per heavy atom. The van der Waals surface area contributed by atoms with Crippen molar-refractivity contribution in [2.45, 2.75) is 6.92 Å². The number of nitrogens with two attached hydrogens (primary N) is 1. The highest BCUT2D eigenvalue weighted by atomic mass is 16.2. The Hall–Kier alpha value is -3.08. The van der Waals surface area contributed by atoms with Gasteiger partial charge in [-0.15, -0.1) is 0 Å². The Kier molecular flexibility index (Phi) is 3.85. The molecule has 0 aliphatic rings. The maximum absolute atomic E-state index is 13.0. The van der Waals surface area contributed by atoms with Crippen molar-refractivity contribution >= 4 is 28.2 Å². The highest BCUT2D eigenvalue weighted by Crippen LogP contribution is 2.20. The van der Waals surface area contributed by atoms with Crippen molar-refractivity contribution in [2.24, 2.45) is 0 Å². The number of anilines is 2. The molecule has 0 saturated carbocycles. The molecule has 0 radical (unpaired) electrons. The molecule has 3 aromatic rings. The van der Waals surface area contributed by atoms with Gasteiger partial charge in [-0.1, -0.05) is 12.1 Å². The Bertz CT molecular complexity index is 1000. The van der Waals surface area contributed by atoms with Gasteiger partial charge in [-0.05, 0) is 48.7 Å². The summed E-state index contributed by atoms with van der Waals surface area (Å²) in [6.45, 7) is 1.71. The summed E-state index contributed by atoms with van der Waals surface area (Å²) in [4.78, 5) is 27.6. The van der Waals surface area contributed by atoms with Crippen molar-refractivity contribution < 1.29 is 4.79 Å². The first-order valence-corrected chi connectivity index (χ1v) is 7.62. The number of pyridine rings is 1. The molecule has 0 atom stereocenters. The number of hydrogen-bond acceptors (Lipinski definition) is 4. The number of nitrogen functional groups attached to an aromatic ring is 1. The molecule has 2 N–H and O–H groups in total. The summed E-state index contributed by atoms with van der Waals surface area (Å²) in [7, 11) is 3.80. The first-order valence-electron chi connectivity index (χ1n) is 7.62. The van der Waals surface area contributed by atoms with Crippen LogP contribution in [0.4, 0.5) is 11.4 Å². The Balaban J connectivity index is 2.27. The summed E-state index contributed by atoms with van der Waals surface area (Å²) in [6.07, 6.45) is 0. The number of fused-ring (bicyclic) bond motifs is 1. The van der Waals surface area contributed by atoms with Crippen molar-refractivity contribution in [3.05, 3.63) is 70.0 Å². The zero-order valence-corrected chi connectivity index (χ0v) is 13.9. The molecule has 24 heavy (non-hydrogen) atoms. The number of hydrogen-bond donors (Lipinski definition) is 1. The van der Waals surface area contributed by atoms with Crippen LogP contribution in [0, 0.1) is 6.92 Å². The lowest BCUT2D eigenvalue weighted by Gasteiger charge is -2.15. The van der Waals surface area contributed by atoms with Crippen LogP contribution in [0.5, 0.6) is 0 Å². The summed E-state index contributed by atoms with van der Waals surface area (Å²) in [6, 6.07) is 14.2. The van der Waals surface area contributed by atoms with Crippen LogP contribution in [0.25, 0.3) is 10.9 Å². The predicted molar refractivity (Wildman–Crippen MR) is 97.9 cm³/mol. The van der Waals surface area contributed by atoms with Gasteiger partial charge in [0.25, 0.3) is 11.5 Å². The number of carbonyl (C=O) groups is 1. The summed E-state index contributed by atoms with van der Waals surface area (Å²) < 4.78 is 1.20. The van der Waals surface area contributed by atoms with Gasteiger partial charge < -0.3 is 10.6 Å². The second-order valence-electron chi connectivity index (χ2n) is 6.04. The van der Waals surface area contributed by atoms with E-state index in [-0.39, 0.29) is 11.5 Å². The number of benzene rings is 2. The van der Waals surface area contributed by atoms with Gasteiger partial charge in [0.05, 0.1) is 5.52 Å². The van der Waals surface area contributed by atoms with Gasteiger partial charge in [-0.2, -0.15) is 0 Å². The minimum atomic E-state index is -0.358. The van der Waals surface area contributed by atoms with E-state index in [1.807, 2.05) is 31.1 Å². The van der Waals surface area contributed by atoms with E-state index in [9.17, 15) is 9.59 Å². The summed E-state index contributed by atoms with van der Waals surface area (Å²) in [5, 5.41) is 0.804. The van der Waals surface area contributed by atoms with Crippen molar-refractivity contribution in [2.75, 3.05) is 24.7 Å². The van der Waals surface area contributed by atoms with E-state index in [1.165, 1.54) is 4.57 Å². The highest BCUT2D eigenvalue weighted by molar-refractivity contribution is 6.02. The number of aromatic nitrogens is 1. The number of rotatable bonds is 2. The lowest BCUT2D eigenvalue weighted by molar-refractivity contribution is 0.0961. The molecule has 5 nitrogen and oxygen atoms in total. The van der Waals surface area contributed by atoms with Crippen LogP contribution in [0.2, 0.25) is 0 Å². The van der Waals surface area contributed by atoms with E-state index in [2.05, 4.69) is 0 Å². The Labute approximate surface area is 139 Å². The van der Waals surface area contributed by atoms with Crippen LogP contribution >= 0.6 is 0 Å². The van der Waals surface area contributed by atoms with Crippen molar-refractivity contribution in [3.63, 3.8) is 0 Å². The van der Waals surface area contributed by atoms with Gasteiger partial charge in [0, 0.05) is 36.6 Å². The zero-order chi connectivity index (χ0) is 17.4. The van der Waals surface area contributed by atoms with E-state index < -0.39 is 0 Å². The lowest BCUT2D eigenvalue weighted by atomic mass is 10.1. The number of nitrogens with zero attached hydrogens (tertiary/aromatic N) is 2. The normalized spacial score (nSPS) is 10.8. The molecule has 0 bridgehead atoms. The van der Waals surface area contributed by atoms with E-state index >= 15 is 0 Å². The number of aryl methyl sites for hydroxylation is 1. The van der Waals surface area contributed by atoms with Crippen LogP contribution < -0.4 is 16.2 Å². The summed E-state index contributed by atoms with van der Waals surface area (Å²) in [5.41, 5.74) is 8.42. The molecule has 0 spiro atoms. The molecule has 5 heteroatoms. The molecule has 0 amide bonds. The fraction of sp³-hybridized carbons (Fsp3) is 0.158. The molecule has 2 aromatic carbocycles. The molecular weight excluding hydrogens is 302 g/mol. The standard InChI is InChI=1S/C19H19N3O2/c1-12-9-13-7-8-15(20)11-17(13)22(18(12)23)19(24)14-5-4-6-16(10-14)21(2)3/h4-11H,20H2,1-3H3. The van der Waals surface area contributed by atoms with E-state index in [0.717, 1.165) is 11.1 Å². The monoisotopic (exact) mass is 321 g/mol. The maximum atomic E-state index is 13.0. The molecule has 0 saturated heterocycles.